The van der Waals surface area contributed by atoms with Gasteiger partial charge in [0.05, 0.1) is 0 Å². The molecular formula is C17H18FN3O2. The number of hydrogen-bond acceptors (Lipinski definition) is 4. The second-order valence-corrected chi connectivity index (χ2v) is 5.46. The van der Waals surface area contributed by atoms with E-state index in [0.717, 1.165) is 25.9 Å². The lowest BCUT2D eigenvalue weighted by Gasteiger charge is -2.26. The highest BCUT2D eigenvalue weighted by molar-refractivity contribution is 5.77. The minimum atomic E-state index is -0.329. The first kappa shape index (κ1) is 15.4. The van der Waals surface area contributed by atoms with E-state index in [1.54, 1.807) is 23.1 Å². The fourth-order valence-corrected chi connectivity index (χ4v) is 2.59. The van der Waals surface area contributed by atoms with Gasteiger partial charge in [0.15, 0.2) is 6.61 Å². The second-order valence-electron chi connectivity index (χ2n) is 5.46. The van der Waals surface area contributed by atoms with E-state index in [-0.39, 0.29) is 24.3 Å². The SMILES string of the molecule is O=C(COc1ncc(-c2ccccc2F)cn1)N1CCCCC1. The van der Waals surface area contributed by atoms with Gasteiger partial charge in [-0.3, -0.25) is 4.79 Å². The van der Waals surface area contributed by atoms with E-state index in [2.05, 4.69) is 9.97 Å². The molecule has 1 amide bonds. The number of hydrogen-bond donors (Lipinski definition) is 0. The summed E-state index contributed by atoms with van der Waals surface area (Å²) in [5, 5.41) is 0. The smallest absolute Gasteiger partial charge is 0.316 e. The van der Waals surface area contributed by atoms with Crippen LogP contribution in [0.4, 0.5) is 4.39 Å². The Labute approximate surface area is 134 Å². The van der Waals surface area contributed by atoms with Crippen LogP contribution in [0.5, 0.6) is 6.01 Å². The maximum absolute atomic E-state index is 13.7. The zero-order chi connectivity index (χ0) is 16.1. The van der Waals surface area contributed by atoms with Crippen molar-refractivity contribution in [1.82, 2.24) is 14.9 Å². The third-order valence-corrected chi connectivity index (χ3v) is 3.85. The average Bonchev–Trinajstić information content (AvgIpc) is 2.61. The first-order chi connectivity index (χ1) is 11.2. The molecule has 1 aromatic carbocycles. The number of benzene rings is 1. The second kappa shape index (κ2) is 7.17. The fourth-order valence-electron chi connectivity index (χ4n) is 2.59. The standard InChI is InChI=1S/C17H18FN3O2/c18-15-7-3-2-6-14(15)13-10-19-17(20-11-13)23-12-16(22)21-8-4-1-5-9-21/h2-3,6-7,10-11H,1,4-5,8-9,12H2. The van der Waals surface area contributed by atoms with Gasteiger partial charge in [0.2, 0.25) is 0 Å². The highest BCUT2D eigenvalue weighted by Gasteiger charge is 2.17. The summed E-state index contributed by atoms with van der Waals surface area (Å²) in [6.45, 7) is 1.50. The van der Waals surface area contributed by atoms with Gasteiger partial charge in [-0.1, -0.05) is 18.2 Å². The molecule has 2 heterocycles. The normalized spacial score (nSPS) is 14.6. The van der Waals surface area contributed by atoms with Crippen molar-refractivity contribution in [3.05, 3.63) is 42.5 Å². The molecule has 0 unspecified atom stereocenters. The van der Waals surface area contributed by atoms with Gasteiger partial charge in [-0.15, -0.1) is 0 Å². The average molecular weight is 315 g/mol. The molecule has 1 aliphatic heterocycles. The van der Waals surface area contributed by atoms with Crippen molar-refractivity contribution in [2.45, 2.75) is 19.3 Å². The Hall–Kier alpha value is -2.50. The van der Waals surface area contributed by atoms with Crippen molar-refractivity contribution < 1.29 is 13.9 Å². The lowest BCUT2D eigenvalue weighted by Crippen LogP contribution is -2.38. The molecule has 1 fully saturated rings. The number of carbonyl (C=O) groups excluding carboxylic acids is 1. The first-order valence-electron chi connectivity index (χ1n) is 7.71. The van der Waals surface area contributed by atoms with Gasteiger partial charge in [-0.05, 0) is 25.3 Å². The highest BCUT2D eigenvalue weighted by atomic mass is 19.1. The topological polar surface area (TPSA) is 55.3 Å². The molecule has 120 valence electrons. The molecule has 6 heteroatoms. The summed E-state index contributed by atoms with van der Waals surface area (Å²) >= 11 is 0. The highest BCUT2D eigenvalue weighted by Crippen LogP contribution is 2.21. The summed E-state index contributed by atoms with van der Waals surface area (Å²) in [4.78, 5) is 21.9. The van der Waals surface area contributed by atoms with Crippen molar-refractivity contribution in [2.75, 3.05) is 19.7 Å². The Morgan fingerprint density at radius 2 is 1.83 bits per heavy atom. The molecule has 1 aliphatic rings. The summed E-state index contributed by atoms with van der Waals surface area (Å²) in [6.07, 6.45) is 6.24. The lowest BCUT2D eigenvalue weighted by atomic mass is 10.1. The largest absolute Gasteiger partial charge is 0.453 e. The van der Waals surface area contributed by atoms with Crippen molar-refractivity contribution in [3.8, 4) is 17.1 Å². The van der Waals surface area contributed by atoms with Crippen LogP contribution in [0.3, 0.4) is 0 Å². The van der Waals surface area contributed by atoms with Crippen molar-refractivity contribution >= 4 is 5.91 Å². The molecule has 0 N–H and O–H groups in total. The van der Waals surface area contributed by atoms with E-state index in [9.17, 15) is 9.18 Å². The maximum Gasteiger partial charge on any atom is 0.316 e. The Morgan fingerprint density at radius 3 is 2.52 bits per heavy atom. The Morgan fingerprint density at radius 1 is 1.13 bits per heavy atom. The van der Waals surface area contributed by atoms with Crippen molar-refractivity contribution in [2.24, 2.45) is 0 Å². The van der Waals surface area contributed by atoms with E-state index in [1.807, 2.05) is 0 Å². The number of carbonyl (C=O) groups is 1. The molecule has 0 atom stereocenters. The molecular weight excluding hydrogens is 297 g/mol. The number of rotatable bonds is 4. The Bertz CT molecular complexity index is 670. The molecule has 5 nitrogen and oxygen atoms in total. The third kappa shape index (κ3) is 3.83. The molecule has 0 spiro atoms. The molecule has 0 saturated carbocycles. The molecule has 1 saturated heterocycles. The van der Waals surface area contributed by atoms with Crippen LogP contribution in [-0.4, -0.2) is 40.5 Å². The van der Waals surface area contributed by atoms with Gasteiger partial charge in [0.1, 0.15) is 5.82 Å². The summed E-state index contributed by atoms with van der Waals surface area (Å²) in [5.41, 5.74) is 1.00. The van der Waals surface area contributed by atoms with E-state index >= 15 is 0 Å². The van der Waals surface area contributed by atoms with Gasteiger partial charge in [-0.25, -0.2) is 14.4 Å². The molecule has 23 heavy (non-hydrogen) atoms. The summed E-state index contributed by atoms with van der Waals surface area (Å²) in [7, 11) is 0. The van der Waals surface area contributed by atoms with Crippen LogP contribution in [0.1, 0.15) is 19.3 Å². The summed E-state index contributed by atoms with van der Waals surface area (Å²) < 4.78 is 19.0. The van der Waals surface area contributed by atoms with Crippen LogP contribution >= 0.6 is 0 Å². The minimum absolute atomic E-state index is 0.0496. The lowest BCUT2D eigenvalue weighted by molar-refractivity contribution is -0.134. The predicted molar refractivity (Wildman–Crippen MR) is 83.4 cm³/mol. The van der Waals surface area contributed by atoms with Gasteiger partial charge in [0.25, 0.3) is 5.91 Å². The van der Waals surface area contributed by atoms with Crippen LogP contribution in [0.15, 0.2) is 36.7 Å². The number of likely N-dealkylation sites (tertiary alicyclic amines) is 1. The number of aromatic nitrogens is 2. The van der Waals surface area contributed by atoms with E-state index in [0.29, 0.717) is 11.1 Å². The monoisotopic (exact) mass is 315 g/mol. The summed E-state index contributed by atoms with van der Waals surface area (Å²) in [5.74, 6) is -0.378. The molecule has 0 aliphatic carbocycles. The third-order valence-electron chi connectivity index (χ3n) is 3.85. The number of amides is 1. The summed E-state index contributed by atoms with van der Waals surface area (Å²) in [6, 6.07) is 6.55. The number of halogens is 1. The first-order valence-corrected chi connectivity index (χ1v) is 7.71. The van der Waals surface area contributed by atoms with Gasteiger partial charge < -0.3 is 9.64 Å². The van der Waals surface area contributed by atoms with Gasteiger partial charge in [-0.2, -0.15) is 0 Å². The van der Waals surface area contributed by atoms with Crippen molar-refractivity contribution in [3.63, 3.8) is 0 Å². The predicted octanol–water partition coefficient (Wildman–Crippen LogP) is 2.67. The fraction of sp³-hybridized carbons (Fsp3) is 0.353. The quantitative estimate of drug-likeness (QED) is 0.870. The van der Waals surface area contributed by atoms with Gasteiger partial charge in [0, 0.05) is 36.6 Å². The van der Waals surface area contributed by atoms with Crippen LogP contribution in [-0.2, 0) is 4.79 Å². The minimum Gasteiger partial charge on any atom is -0.453 e. The number of ether oxygens (including phenoxy) is 1. The Balaban J connectivity index is 1.59. The van der Waals surface area contributed by atoms with Crippen LogP contribution in [0.2, 0.25) is 0 Å². The van der Waals surface area contributed by atoms with E-state index in [4.69, 9.17) is 4.74 Å². The van der Waals surface area contributed by atoms with Crippen LogP contribution in [0, 0.1) is 5.82 Å². The number of nitrogens with zero attached hydrogens (tertiary/aromatic N) is 3. The van der Waals surface area contributed by atoms with Gasteiger partial charge >= 0.3 is 6.01 Å². The maximum atomic E-state index is 13.7. The Kier molecular flexibility index (Phi) is 4.80. The van der Waals surface area contributed by atoms with E-state index < -0.39 is 0 Å². The molecule has 3 rings (SSSR count). The molecule has 1 aromatic heterocycles. The molecule has 2 aromatic rings. The van der Waals surface area contributed by atoms with Crippen molar-refractivity contribution in [1.29, 1.82) is 0 Å². The van der Waals surface area contributed by atoms with Crippen LogP contribution in [0.25, 0.3) is 11.1 Å². The molecule has 0 radical (unpaired) electrons. The molecule has 0 bridgehead atoms. The van der Waals surface area contributed by atoms with Crippen LogP contribution < -0.4 is 4.74 Å². The number of piperidine rings is 1. The zero-order valence-corrected chi connectivity index (χ0v) is 12.7. The van der Waals surface area contributed by atoms with E-state index in [1.165, 1.54) is 24.9 Å². The zero-order valence-electron chi connectivity index (χ0n) is 12.7.